The Bertz CT molecular complexity index is 563. The van der Waals surface area contributed by atoms with Gasteiger partial charge in [0.2, 0.25) is 0 Å². The largest absolute Gasteiger partial charge is 0.369 e. The molecule has 0 aliphatic carbocycles. The van der Waals surface area contributed by atoms with Crippen LogP contribution in [0.1, 0.15) is 68.2 Å². The first-order valence-electron chi connectivity index (χ1n) is 9.04. The number of aryl methyl sites for hydroxylation is 1. The van der Waals surface area contributed by atoms with Crippen LogP contribution < -0.4 is 0 Å². The summed E-state index contributed by atoms with van der Waals surface area (Å²) in [6, 6.07) is 4.51. The van der Waals surface area contributed by atoms with Crippen LogP contribution in [0.4, 0.5) is 4.39 Å². The maximum Gasteiger partial charge on any atom is 0.118 e. The molecule has 0 N–H and O–H groups in total. The Hall–Kier alpha value is -1.31. The van der Waals surface area contributed by atoms with Gasteiger partial charge in [0.15, 0.2) is 0 Å². The maximum atomic E-state index is 13.7. The Morgan fingerprint density at radius 1 is 1.35 bits per heavy atom. The molecule has 0 aromatic heterocycles. The summed E-state index contributed by atoms with van der Waals surface area (Å²) in [6.07, 6.45) is 2.07. The number of hydrogen-bond acceptors (Lipinski definition) is 1. The Morgan fingerprint density at radius 2 is 2.04 bits per heavy atom. The number of likely N-dealkylation sites (tertiary alicyclic amines) is 1. The average molecular weight is 317 g/mol. The van der Waals surface area contributed by atoms with Crippen molar-refractivity contribution in [3.63, 3.8) is 0 Å². The summed E-state index contributed by atoms with van der Waals surface area (Å²) in [6.45, 7) is 17.0. The lowest BCUT2D eigenvalue weighted by Gasteiger charge is -2.33. The molecule has 2 heteroatoms. The van der Waals surface area contributed by atoms with E-state index in [9.17, 15) is 4.39 Å². The summed E-state index contributed by atoms with van der Waals surface area (Å²) in [7, 11) is 0. The summed E-state index contributed by atoms with van der Waals surface area (Å²) in [5.41, 5.74) is 6.25. The Labute approximate surface area is 141 Å². The minimum absolute atomic E-state index is 0.488. The molecule has 2 rings (SSSR count). The lowest BCUT2D eigenvalue weighted by Crippen LogP contribution is -2.34. The van der Waals surface area contributed by atoms with E-state index < -0.39 is 6.17 Å². The molecule has 0 bridgehead atoms. The van der Waals surface area contributed by atoms with E-state index in [1.165, 1.54) is 23.1 Å². The van der Waals surface area contributed by atoms with E-state index in [1.54, 1.807) is 0 Å². The van der Waals surface area contributed by atoms with Crippen molar-refractivity contribution < 1.29 is 4.39 Å². The van der Waals surface area contributed by atoms with Crippen LogP contribution in [0, 0.1) is 19.8 Å². The van der Waals surface area contributed by atoms with Crippen molar-refractivity contribution in [2.24, 2.45) is 5.92 Å². The van der Waals surface area contributed by atoms with Crippen molar-refractivity contribution in [2.45, 2.75) is 66.0 Å². The zero-order valence-electron chi connectivity index (χ0n) is 15.5. The summed E-state index contributed by atoms with van der Waals surface area (Å²) in [5.74, 6) is 1.18. The van der Waals surface area contributed by atoms with Crippen LogP contribution in [0.25, 0.3) is 5.70 Å². The Morgan fingerprint density at radius 3 is 2.65 bits per heavy atom. The van der Waals surface area contributed by atoms with Crippen LogP contribution in [-0.2, 0) is 0 Å². The van der Waals surface area contributed by atoms with Gasteiger partial charge in [0, 0.05) is 18.8 Å². The number of nitrogens with zero attached hydrogens (tertiary/aromatic N) is 1. The van der Waals surface area contributed by atoms with Crippen LogP contribution in [-0.4, -0.2) is 24.2 Å². The van der Waals surface area contributed by atoms with Crippen molar-refractivity contribution in [1.82, 2.24) is 4.90 Å². The van der Waals surface area contributed by atoms with Crippen LogP contribution in [0.3, 0.4) is 0 Å². The number of benzene rings is 1. The van der Waals surface area contributed by atoms with Gasteiger partial charge in [-0.2, -0.15) is 0 Å². The van der Waals surface area contributed by atoms with Crippen molar-refractivity contribution in [3.05, 3.63) is 41.0 Å². The van der Waals surface area contributed by atoms with Gasteiger partial charge in [0.25, 0.3) is 0 Å². The molecule has 1 heterocycles. The summed E-state index contributed by atoms with van der Waals surface area (Å²) in [5, 5.41) is 0. The second kappa shape index (κ2) is 7.51. The first-order valence-corrected chi connectivity index (χ1v) is 9.04. The third kappa shape index (κ3) is 3.97. The number of rotatable bonds is 5. The minimum Gasteiger partial charge on any atom is -0.369 e. The van der Waals surface area contributed by atoms with E-state index in [4.69, 9.17) is 0 Å². The highest BCUT2D eigenvalue weighted by Gasteiger charge is 2.22. The molecule has 1 aliphatic heterocycles. The van der Waals surface area contributed by atoms with E-state index >= 15 is 0 Å². The van der Waals surface area contributed by atoms with Gasteiger partial charge in [-0.15, -0.1) is 0 Å². The number of halogens is 1. The quantitative estimate of drug-likeness (QED) is 0.657. The molecule has 0 spiro atoms. The van der Waals surface area contributed by atoms with Gasteiger partial charge in [-0.3, -0.25) is 0 Å². The van der Waals surface area contributed by atoms with Gasteiger partial charge in [-0.1, -0.05) is 33.8 Å². The number of piperidine rings is 1. The monoisotopic (exact) mass is 317 g/mol. The van der Waals surface area contributed by atoms with Gasteiger partial charge in [-0.25, -0.2) is 4.39 Å². The highest BCUT2D eigenvalue weighted by Crippen LogP contribution is 2.33. The standard InChI is InChI=1S/C21H32FN/c1-7-14(2)16(4)21-12-19(11-15(3)17(21)5)18(6)23-10-8-9-20(22)13-23/h11-12,14,16,20H,6-10,13H2,1-5H3. The van der Waals surface area contributed by atoms with Crippen LogP contribution in [0.2, 0.25) is 0 Å². The lowest BCUT2D eigenvalue weighted by molar-refractivity contribution is 0.188. The fourth-order valence-electron chi connectivity index (χ4n) is 3.54. The lowest BCUT2D eigenvalue weighted by atomic mass is 9.82. The third-order valence-corrected chi connectivity index (χ3v) is 5.77. The molecular formula is C21H32FN. The zero-order chi connectivity index (χ0) is 17.1. The second-order valence-electron chi connectivity index (χ2n) is 7.31. The third-order valence-electron chi connectivity index (χ3n) is 5.77. The van der Waals surface area contributed by atoms with E-state index in [2.05, 4.69) is 58.2 Å². The van der Waals surface area contributed by atoms with Crippen LogP contribution in [0.5, 0.6) is 0 Å². The Balaban J connectivity index is 2.32. The normalized spacial score (nSPS) is 21.1. The number of alkyl halides is 1. The first-order chi connectivity index (χ1) is 10.8. The van der Waals surface area contributed by atoms with Crippen LogP contribution >= 0.6 is 0 Å². The molecule has 0 saturated carbocycles. The molecular weight excluding hydrogens is 285 g/mol. The van der Waals surface area contributed by atoms with E-state index in [0.29, 0.717) is 24.8 Å². The maximum absolute atomic E-state index is 13.7. The van der Waals surface area contributed by atoms with E-state index in [1.807, 2.05) is 0 Å². The molecule has 128 valence electrons. The minimum atomic E-state index is -0.717. The predicted molar refractivity (Wildman–Crippen MR) is 98.5 cm³/mol. The first kappa shape index (κ1) is 18.0. The molecule has 1 aliphatic rings. The van der Waals surface area contributed by atoms with Gasteiger partial charge < -0.3 is 4.90 Å². The predicted octanol–water partition coefficient (Wildman–Crippen LogP) is 5.86. The van der Waals surface area contributed by atoms with Gasteiger partial charge >= 0.3 is 0 Å². The van der Waals surface area contributed by atoms with Crippen molar-refractivity contribution in [1.29, 1.82) is 0 Å². The van der Waals surface area contributed by atoms with Crippen molar-refractivity contribution in [2.75, 3.05) is 13.1 Å². The van der Waals surface area contributed by atoms with Gasteiger partial charge in [-0.05, 0) is 72.9 Å². The van der Waals surface area contributed by atoms with E-state index in [0.717, 1.165) is 24.2 Å². The average Bonchev–Trinajstić information content (AvgIpc) is 2.55. The molecule has 1 saturated heterocycles. The molecule has 0 radical (unpaired) electrons. The molecule has 0 amide bonds. The molecule has 1 aromatic carbocycles. The molecule has 3 unspecified atom stereocenters. The van der Waals surface area contributed by atoms with Gasteiger partial charge in [0.05, 0.1) is 0 Å². The SMILES string of the molecule is C=C(c1cc(C)c(C)c(C(C)C(C)CC)c1)N1CCCC(F)C1. The fourth-order valence-corrected chi connectivity index (χ4v) is 3.54. The highest BCUT2D eigenvalue weighted by molar-refractivity contribution is 5.64. The van der Waals surface area contributed by atoms with Crippen LogP contribution in [0.15, 0.2) is 18.7 Å². The fraction of sp³-hybridized carbons (Fsp3) is 0.619. The van der Waals surface area contributed by atoms with E-state index in [-0.39, 0.29) is 0 Å². The number of hydrogen-bond donors (Lipinski definition) is 0. The summed E-state index contributed by atoms with van der Waals surface area (Å²) < 4.78 is 13.7. The summed E-state index contributed by atoms with van der Waals surface area (Å²) in [4.78, 5) is 2.12. The second-order valence-corrected chi connectivity index (χ2v) is 7.31. The smallest absolute Gasteiger partial charge is 0.118 e. The molecule has 1 aromatic rings. The topological polar surface area (TPSA) is 3.24 Å². The van der Waals surface area contributed by atoms with Gasteiger partial charge in [0.1, 0.15) is 6.17 Å². The highest BCUT2D eigenvalue weighted by atomic mass is 19.1. The molecule has 1 nitrogen and oxygen atoms in total. The Kier molecular flexibility index (Phi) is 5.89. The zero-order valence-corrected chi connectivity index (χ0v) is 15.5. The molecule has 1 fully saturated rings. The summed E-state index contributed by atoms with van der Waals surface area (Å²) >= 11 is 0. The van der Waals surface area contributed by atoms with Crippen molar-refractivity contribution in [3.8, 4) is 0 Å². The molecule has 3 atom stereocenters. The van der Waals surface area contributed by atoms with Crippen molar-refractivity contribution >= 4 is 5.70 Å². The molecule has 23 heavy (non-hydrogen) atoms.